The summed E-state index contributed by atoms with van der Waals surface area (Å²) in [6.07, 6.45) is 1.15. The number of aromatic nitrogens is 3. The molecule has 8 nitrogen and oxygen atoms in total. The van der Waals surface area contributed by atoms with E-state index >= 15 is 0 Å². The first-order valence-electron chi connectivity index (χ1n) is 7.57. The number of carboxylic acid groups (broad SMARTS) is 1. The zero-order valence-corrected chi connectivity index (χ0v) is 13.5. The lowest BCUT2D eigenvalue weighted by atomic mass is 10.1. The maximum absolute atomic E-state index is 14.5. The summed E-state index contributed by atoms with van der Waals surface area (Å²) < 4.78 is 15.6. The number of rotatable bonds is 3. The molecule has 1 atom stereocenters. The normalized spacial score (nSPS) is 18.8. The van der Waals surface area contributed by atoms with E-state index in [4.69, 9.17) is 10.8 Å². The van der Waals surface area contributed by atoms with Gasteiger partial charge in [-0.05, 0) is 20.0 Å². The molecule has 0 spiro atoms. The topological polar surface area (TPSA) is 101 Å². The number of piperazine rings is 1. The molecule has 0 bridgehead atoms. The van der Waals surface area contributed by atoms with Gasteiger partial charge in [0.1, 0.15) is 5.69 Å². The van der Waals surface area contributed by atoms with Crippen LogP contribution in [0.2, 0.25) is 0 Å². The molecule has 128 valence electrons. The van der Waals surface area contributed by atoms with E-state index in [0.29, 0.717) is 17.4 Å². The van der Waals surface area contributed by atoms with Crippen molar-refractivity contribution in [1.29, 1.82) is 0 Å². The molecule has 2 heterocycles. The van der Waals surface area contributed by atoms with Gasteiger partial charge in [-0.3, -0.25) is 0 Å². The van der Waals surface area contributed by atoms with Gasteiger partial charge in [0.05, 0.1) is 17.6 Å². The highest BCUT2D eigenvalue weighted by Crippen LogP contribution is 2.30. The Morgan fingerprint density at radius 1 is 1.38 bits per heavy atom. The Bertz CT molecular complexity index is 777. The van der Waals surface area contributed by atoms with Crippen molar-refractivity contribution in [2.45, 2.75) is 13.0 Å². The van der Waals surface area contributed by atoms with Gasteiger partial charge in [0, 0.05) is 31.7 Å². The predicted molar refractivity (Wildman–Crippen MR) is 87.0 cm³/mol. The highest BCUT2D eigenvalue weighted by molar-refractivity contribution is 5.84. The lowest BCUT2D eigenvalue weighted by Gasteiger charge is -2.39. The first-order valence-corrected chi connectivity index (χ1v) is 7.57. The van der Waals surface area contributed by atoms with Crippen molar-refractivity contribution in [3.63, 3.8) is 0 Å². The number of aromatic carboxylic acids is 1. The molecule has 9 heteroatoms. The van der Waals surface area contributed by atoms with Gasteiger partial charge in [-0.25, -0.2) is 13.9 Å². The molecule has 0 saturated carbocycles. The molecule has 1 fully saturated rings. The molecule has 3 N–H and O–H groups in total. The Morgan fingerprint density at radius 3 is 2.75 bits per heavy atom. The third-order valence-electron chi connectivity index (χ3n) is 4.36. The molecular formula is C15H19FN6O2. The molecule has 1 unspecified atom stereocenters. The average molecular weight is 334 g/mol. The first kappa shape index (κ1) is 16.2. The second kappa shape index (κ2) is 6.08. The first-order chi connectivity index (χ1) is 11.4. The maximum Gasteiger partial charge on any atom is 0.358 e. The smallest absolute Gasteiger partial charge is 0.358 e. The van der Waals surface area contributed by atoms with Gasteiger partial charge in [0.15, 0.2) is 11.5 Å². The van der Waals surface area contributed by atoms with E-state index in [2.05, 4.69) is 34.1 Å². The van der Waals surface area contributed by atoms with Crippen LogP contribution in [0.15, 0.2) is 18.3 Å². The fraction of sp³-hybridized carbons (Fsp3) is 0.400. The Morgan fingerprint density at radius 2 is 2.12 bits per heavy atom. The quantitative estimate of drug-likeness (QED) is 0.802. The monoisotopic (exact) mass is 334 g/mol. The number of hydrogen-bond donors (Lipinski definition) is 2. The standard InChI is InChI=1S/C15H19FN6O2/c1-9-7-21(4-3-20(9)2)14-5-10(16)13(6-11(14)17)22-8-12(15(23)24)18-19-22/h5-6,8-9H,3-4,7,17H2,1-2H3,(H,23,24). The second-order valence-electron chi connectivity index (χ2n) is 5.99. The summed E-state index contributed by atoms with van der Waals surface area (Å²) in [4.78, 5) is 15.2. The largest absolute Gasteiger partial charge is 0.476 e. The van der Waals surface area contributed by atoms with Crippen LogP contribution in [0.5, 0.6) is 0 Å². The van der Waals surface area contributed by atoms with Crippen LogP contribution in [0.3, 0.4) is 0 Å². The van der Waals surface area contributed by atoms with Gasteiger partial charge in [0.2, 0.25) is 0 Å². The molecule has 1 saturated heterocycles. The lowest BCUT2D eigenvalue weighted by Crippen LogP contribution is -2.50. The number of nitrogens with two attached hydrogens (primary N) is 1. The van der Waals surface area contributed by atoms with E-state index in [0.717, 1.165) is 30.5 Å². The van der Waals surface area contributed by atoms with Gasteiger partial charge >= 0.3 is 5.97 Å². The number of halogens is 1. The number of nitrogens with zero attached hydrogens (tertiary/aromatic N) is 5. The molecule has 0 amide bonds. The van der Waals surface area contributed by atoms with Crippen LogP contribution in [0.1, 0.15) is 17.4 Å². The third-order valence-corrected chi connectivity index (χ3v) is 4.36. The Kier molecular flexibility index (Phi) is 4.10. The number of likely N-dealkylation sites (N-methyl/N-ethyl adjacent to an activating group) is 1. The van der Waals surface area contributed by atoms with E-state index in [1.54, 1.807) is 0 Å². The van der Waals surface area contributed by atoms with Gasteiger partial charge in [0.25, 0.3) is 0 Å². The minimum Gasteiger partial charge on any atom is -0.476 e. The zero-order chi connectivity index (χ0) is 17.4. The highest BCUT2D eigenvalue weighted by atomic mass is 19.1. The maximum atomic E-state index is 14.5. The van der Waals surface area contributed by atoms with Crippen molar-refractivity contribution in [2.24, 2.45) is 0 Å². The zero-order valence-electron chi connectivity index (χ0n) is 13.5. The number of hydrogen-bond acceptors (Lipinski definition) is 6. The number of benzene rings is 1. The third kappa shape index (κ3) is 2.90. The Balaban J connectivity index is 1.92. The molecule has 2 aromatic rings. The fourth-order valence-electron chi connectivity index (χ4n) is 2.76. The van der Waals surface area contributed by atoms with E-state index in [1.807, 2.05) is 0 Å². The minimum absolute atomic E-state index is 0.0680. The van der Waals surface area contributed by atoms with Gasteiger partial charge in [-0.15, -0.1) is 5.10 Å². The molecule has 1 aliphatic rings. The fourth-order valence-corrected chi connectivity index (χ4v) is 2.76. The van der Waals surface area contributed by atoms with Crippen molar-refractivity contribution in [2.75, 3.05) is 37.3 Å². The van der Waals surface area contributed by atoms with Crippen LogP contribution in [0.4, 0.5) is 15.8 Å². The van der Waals surface area contributed by atoms with Gasteiger partial charge < -0.3 is 20.6 Å². The molecule has 1 aromatic heterocycles. The van der Waals surface area contributed by atoms with Crippen LogP contribution in [-0.4, -0.2) is 63.7 Å². The summed E-state index contributed by atoms with van der Waals surface area (Å²) in [5.74, 6) is -1.76. The van der Waals surface area contributed by atoms with Gasteiger partial charge in [-0.1, -0.05) is 5.21 Å². The molecule has 24 heavy (non-hydrogen) atoms. The van der Waals surface area contributed by atoms with Crippen molar-refractivity contribution in [1.82, 2.24) is 19.9 Å². The van der Waals surface area contributed by atoms with Crippen molar-refractivity contribution >= 4 is 17.3 Å². The van der Waals surface area contributed by atoms with E-state index < -0.39 is 11.8 Å². The summed E-state index contributed by atoms with van der Waals surface area (Å²) >= 11 is 0. The summed E-state index contributed by atoms with van der Waals surface area (Å²) in [7, 11) is 2.06. The van der Waals surface area contributed by atoms with E-state index in [1.165, 1.54) is 12.1 Å². The average Bonchev–Trinajstić information content (AvgIpc) is 3.02. The summed E-state index contributed by atoms with van der Waals surface area (Å²) in [5.41, 5.74) is 6.96. The van der Waals surface area contributed by atoms with Crippen molar-refractivity contribution in [3.8, 4) is 5.69 Å². The molecule has 0 aliphatic carbocycles. The van der Waals surface area contributed by atoms with Crippen LogP contribution in [-0.2, 0) is 0 Å². The number of nitrogen functional groups attached to an aromatic ring is 1. The SMILES string of the molecule is CC1CN(c2cc(F)c(-n3cc(C(=O)O)nn3)cc2N)CCN1C. The number of carbonyl (C=O) groups is 1. The molecule has 1 aromatic carbocycles. The van der Waals surface area contributed by atoms with Crippen LogP contribution < -0.4 is 10.6 Å². The van der Waals surface area contributed by atoms with Crippen LogP contribution in [0.25, 0.3) is 5.69 Å². The van der Waals surface area contributed by atoms with Crippen molar-refractivity contribution in [3.05, 3.63) is 29.8 Å². The van der Waals surface area contributed by atoms with Gasteiger partial charge in [-0.2, -0.15) is 0 Å². The summed E-state index contributed by atoms with van der Waals surface area (Å²) in [6, 6.07) is 3.16. The molecule has 0 radical (unpaired) electrons. The minimum atomic E-state index is -1.22. The highest BCUT2D eigenvalue weighted by Gasteiger charge is 2.23. The summed E-state index contributed by atoms with van der Waals surface area (Å²) in [6.45, 7) is 4.49. The van der Waals surface area contributed by atoms with Crippen LogP contribution >= 0.6 is 0 Å². The number of anilines is 2. The number of carboxylic acids is 1. The molecular weight excluding hydrogens is 315 g/mol. The second-order valence-corrected chi connectivity index (χ2v) is 5.99. The Labute approximate surface area is 138 Å². The van der Waals surface area contributed by atoms with E-state index in [-0.39, 0.29) is 11.4 Å². The van der Waals surface area contributed by atoms with Crippen LogP contribution in [0, 0.1) is 5.82 Å². The predicted octanol–water partition coefficient (Wildman–Crippen LogP) is 0.827. The van der Waals surface area contributed by atoms with E-state index in [9.17, 15) is 9.18 Å². The lowest BCUT2D eigenvalue weighted by molar-refractivity contribution is 0.0690. The Hall–Kier alpha value is -2.68. The molecule has 1 aliphatic heterocycles. The van der Waals surface area contributed by atoms with Crippen molar-refractivity contribution < 1.29 is 14.3 Å². The molecule has 3 rings (SSSR count). The summed E-state index contributed by atoms with van der Waals surface area (Å²) in [5, 5.41) is 16.0.